The summed E-state index contributed by atoms with van der Waals surface area (Å²) in [6.45, 7) is 10.3. The Morgan fingerprint density at radius 3 is 2.42 bits per heavy atom. The van der Waals surface area contributed by atoms with E-state index in [1.165, 1.54) is 11.8 Å². The first-order chi connectivity index (χ1) is 19.3. The van der Waals surface area contributed by atoms with E-state index in [2.05, 4.69) is 24.8 Å². The van der Waals surface area contributed by atoms with Crippen LogP contribution < -0.4 is 9.80 Å². The molecule has 0 radical (unpaired) electrons. The van der Waals surface area contributed by atoms with E-state index in [9.17, 15) is 19.5 Å². The first-order valence-electron chi connectivity index (χ1n) is 14.6. The number of anilines is 2. The van der Waals surface area contributed by atoms with E-state index in [-0.39, 0.29) is 24.4 Å². The lowest BCUT2D eigenvalue weighted by molar-refractivity contribution is -0.154. The number of amides is 2. The summed E-state index contributed by atoms with van der Waals surface area (Å²) >= 11 is 1.53. The Bertz CT molecular complexity index is 1190. The Morgan fingerprint density at radius 1 is 1.05 bits per heavy atom. The molecular formula is C31H41N3O5S. The van der Waals surface area contributed by atoms with Crippen molar-refractivity contribution in [3.8, 4) is 0 Å². The molecule has 6 atom stereocenters. The summed E-state index contributed by atoms with van der Waals surface area (Å²) in [5, 5.41) is 10.3. The van der Waals surface area contributed by atoms with Crippen LogP contribution in [0.1, 0.15) is 47.0 Å². The van der Waals surface area contributed by atoms with Crippen molar-refractivity contribution in [2.24, 2.45) is 11.8 Å². The number of thioether (sulfide) groups is 1. The highest BCUT2D eigenvalue weighted by Crippen LogP contribution is 2.65. The van der Waals surface area contributed by atoms with Gasteiger partial charge in [0.25, 0.3) is 5.91 Å². The minimum atomic E-state index is -0.964. The maximum Gasteiger partial charge on any atom is 0.311 e. The summed E-state index contributed by atoms with van der Waals surface area (Å²) in [4.78, 5) is 48.1. The number of esters is 1. The van der Waals surface area contributed by atoms with Crippen molar-refractivity contribution in [2.45, 2.75) is 68.5 Å². The van der Waals surface area contributed by atoms with Gasteiger partial charge in [-0.3, -0.25) is 14.4 Å². The maximum absolute atomic E-state index is 14.6. The number of carbonyl (C=O) groups excluding carboxylic acids is 3. The minimum absolute atomic E-state index is 0.191. The minimum Gasteiger partial charge on any atom is -0.465 e. The van der Waals surface area contributed by atoms with Gasteiger partial charge >= 0.3 is 5.97 Å². The standard InChI is InChI=1S/C31H41N3O5S/c1-5-21(20-35)34-26-28(37)33(23-14-12-22(13-15-23)32(6-2)7-3)18-11-17-31(26)24(27(34)36)25-29(38)39-19-10-8-9-16-30(25,4)40-31/h9,11-17,21,24-26,35H,5-8,10,18-20H2,1-4H3/b16-9-/t21-,24-,25+,26?,30-,31-/m0/s1. The zero-order valence-corrected chi connectivity index (χ0v) is 24.7. The van der Waals surface area contributed by atoms with Gasteiger partial charge in [0.05, 0.1) is 35.8 Å². The quantitative estimate of drug-likeness (QED) is 0.396. The third kappa shape index (κ3) is 4.45. The number of cyclic esters (lactones) is 1. The topological polar surface area (TPSA) is 90.4 Å². The maximum atomic E-state index is 14.6. The van der Waals surface area contributed by atoms with Gasteiger partial charge in [0.15, 0.2) is 0 Å². The van der Waals surface area contributed by atoms with Gasteiger partial charge in [0.1, 0.15) is 6.04 Å². The summed E-state index contributed by atoms with van der Waals surface area (Å²) in [5.41, 5.74) is 1.84. The van der Waals surface area contributed by atoms with E-state index >= 15 is 0 Å². The second kappa shape index (κ2) is 11.2. The van der Waals surface area contributed by atoms with Gasteiger partial charge in [-0.1, -0.05) is 31.2 Å². The number of aliphatic hydroxyl groups excluding tert-OH is 1. The monoisotopic (exact) mass is 567 g/mol. The summed E-state index contributed by atoms with van der Waals surface area (Å²) in [5.74, 6) is -2.34. The number of rotatable bonds is 7. The van der Waals surface area contributed by atoms with Crippen LogP contribution in [-0.4, -0.2) is 82.2 Å². The lowest BCUT2D eigenvalue weighted by Gasteiger charge is -2.39. The van der Waals surface area contributed by atoms with E-state index in [1.54, 1.807) is 9.80 Å². The van der Waals surface area contributed by atoms with E-state index in [4.69, 9.17) is 4.74 Å². The molecule has 2 saturated heterocycles. The predicted octanol–water partition coefficient (Wildman–Crippen LogP) is 3.79. The Morgan fingerprint density at radius 2 is 1.77 bits per heavy atom. The van der Waals surface area contributed by atoms with Gasteiger partial charge in [-0.2, -0.15) is 0 Å². The van der Waals surface area contributed by atoms with Crippen LogP contribution in [0.15, 0.2) is 48.6 Å². The lowest BCUT2D eigenvalue weighted by atomic mass is 9.74. The molecule has 8 nitrogen and oxygen atoms in total. The van der Waals surface area contributed by atoms with E-state index in [0.717, 1.165) is 37.3 Å². The SMILES string of the molecule is CC[C@@H](CO)N1C(=O)[C@@H]2[C@@H]3C(=O)OCCC/C=C\[C@]3(C)S[C@@]23C=CCN(c2ccc(N(CC)CC)cc2)C(=O)C13. The molecule has 4 heterocycles. The van der Waals surface area contributed by atoms with Crippen LogP contribution in [0, 0.1) is 11.8 Å². The fourth-order valence-corrected chi connectivity index (χ4v) is 9.18. The fourth-order valence-electron chi connectivity index (χ4n) is 7.04. The number of hydrogen-bond acceptors (Lipinski definition) is 7. The van der Waals surface area contributed by atoms with Gasteiger partial charge in [-0.15, -0.1) is 11.8 Å². The average Bonchev–Trinajstić information content (AvgIpc) is 3.30. The van der Waals surface area contributed by atoms with Crippen molar-refractivity contribution in [1.29, 1.82) is 0 Å². The number of benzene rings is 1. The van der Waals surface area contributed by atoms with Gasteiger partial charge in [0.2, 0.25) is 5.91 Å². The summed E-state index contributed by atoms with van der Waals surface area (Å²) in [6.07, 6.45) is 10.1. The molecule has 2 amide bonds. The second-order valence-electron chi connectivity index (χ2n) is 11.2. The van der Waals surface area contributed by atoms with Crippen LogP contribution in [0.25, 0.3) is 0 Å². The Labute approximate surface area is 241 Å². The zero-order chi connectivity index (χ0) is 28.7. The van der Waals surface area contributed by atoms with Crippen molar-refractivity contribution >= 4 is 40.9 Å². The van der Waals surface area contributed by atoms with Crippen LogP contribution in [0.5, 0.6) is 0 Å². The predicted molar refractivity (Wildman–Crippen MR) is 158 cm³/mol. The Kier molecular flexibility index (Phi) is 8.08. The fraction of sp³-hybridized carbons (Fsp3) is 0.581. The third-order valence-corrected chi connectivity index (χ3v) is 10.9. The number of aliphatic hydroxyl groups is 1. The van der Waals surface area contributed by atoms with Crippen molar-refractivity contribution in [2.75, 3.05) is 42.6 Å². The molecule has 40 heavy (non-hydrogen) atoms. The van der Waals surface area contributed by atoms with E-state index in [1.807, 2.05) is 56.3 Å². The Balaban J connectivity index is 1.61. The molecule has 2 fully saturated rings. The summed E-state index contributed by atoms with van der Waals surface area (Å²) < 4.78 is 4.01. The van der Waals surface area contributed by atoms with Crippen LogP contribution in [0.4, 0.5) is 11.4 Å². The van der Waals surface area contributed by atoms with Crippen molar-refractivity contribution in [1.82, 2.24) is 4.90 Å². The summed E-state index contributed by atoms with van der Waals surface area (Å²) in [7, 11) is 0. The van der Waals surface area contributed by atoms with Crippen LogP contribution in [0.3, 0.4) is 0 Å². The van der Waals surface area contributed by atoms with Gasteiger partial charge in [0, 0.05) is 35.8 Å². The van der Waals surface area contributed by atoms with Crippen molar-refractivity contribution in [3.63, 3.8) is 0 Å². The number of allylic oxidation sites excluding steroid dienone is 1. The highest BCUT2D eigenvalue weighted by atomic mass is 32.2. The molecule has 1 aromatic carbocycles. The highest BCUT2D eigenvalue weighted by molar-refractivity contribution is 8.02. The van der Waals surface area contributed by atoms with Crippen LogP contribution in [-0.2, 0) is 19.1 Å². The van der Waals surface area contributed by atoms with E-state index < -0.39 is 33.4 Å². The molecule has 9 heteroatoms. The molecule has 0 bridgehead atoms. The number of carbonyl (C=O) groups is 3. The lowest BCUT2D eigenvalue weighted by Crippen LogP contribution is -2.56. The zero-order valence-electron chi connectivity index (χ0n) is 23.9. The summed E-state index contributed by atoms with van der Waals surface area (Å²) in [6, 6.07) is 6.58. The number of hydrogen-bond donors (Lipinski definition) is 1. The molecule has 0 saturated carbocycles. The smallest absolute Gasteiger partial charge is 0.311 e. The molecule has 216 valence electrons. The molecule has 1 aromatic rings. The first kappa shape index (κ1) is 28.7. The van der Waals surface area contributed by atoms with Gasteiger partial charge in [-0.25, -0.2) is 0 Å². The van der Waals surface area contributed by atoms with E-state index in [0.29, 0.717) is 19.6 Å². The number of fused-ring (bicyclic) bond motifs is 2. The molecule has 4 aliphatic rings. The Hall–Kier alpha value is -2.78. The molecular weight excluding hydrogens is 526 g/mol. The normalized spacial score (nSPS) is 33.2. The largest absolute Gasteiger partial charge is 0.465 e. The highest BCUT2D eigenvalue weighted by Gasteiger charge is 2.74. The molecule has 4 aliphatic heterocycles. The molecule has 1 N–H and O–H groups in total. The second-order valence-corrected chi connectivity index (χ2v) is 13.0. The number of likely N-dealkylation sites (tertiary alicyclic amines) is 1. The number of ether oxygens (including phenoxy) is 1. The molecule has 0 aromatic heterocycles. The first-order valence-corrected chi connectivity index (χ1v) is 15.4. The van der Waals surface area contributed by atoms with Crippen LogP contribution >= 0.6 is 11.8 Å². The molecule has 1 unspecified atom stereocenters. The molecule has 5 rings (SSSR count). The van der Waals surface area contributed by atoms with Crippen LogP contribution in [0.2, 0.25) is 0 Å². The van der Waals surface area contributed by atoms with Gasteiger partial charge in [-0.05, 0) is 64.3 Å². The number of nitrogens with zero attached hydrogens (tertiary/aromatic N) is 3. The molecule has 1 spiro atoms. The molecule has 0 aliphatic carbocycles. The van der Waals surface area contributed by atoms with Crippen molar-refractivity contribution < 1.29 is 24.2 Å². The van der Waals surface area contributed by atoms with Gasteiger partial charge < -0.3 is 24.5 Å². The third-order valence-electron chi connectivity index (χ3n) is 9.05. The van der Waals surface area contributed by atoms with Crippen molar-refractivity contribution in [3.05, 3.63) is 48.6 Å². The average molecular weight is 568 g/mol.